The summed E-state index contributed by atoms with van der Waals surface area (Å²) in [5.41, 5.74) is 5.73. The van der Waals surface area contributed by atoms with Crippen LogP contribution in [0.2, 0.25) is 0 Å². The molecule has 0 aromatic heterocycles. The van der Waals surface area contributed by atoms with Crippen molar-refractivity contribution in [1.82, 2.24) is 14.7 Å². The van der Waals surface area contributed by atoms with Gasteiger partial charge in [0.05, 0.1) is 6.54 Å². The maximum atomic E-state index is 12.3. The van der Waals surface area contributed by atoms with E-state index < -0.39 is 0 Å². The largest absolute Gasteiger partial charge is 0.342 e. The summed E-state index contributed by atoms with van der Waals surface area (Å²) >= 11 is 0. The van der Waals surface area contributed by atoms with Crippen LogP contribution in [-0.2, 0) is 4.79 Å². The summed E-state index contributed by atoms with van der Waals surface area (Å²) in [4.78, 5) is 19.2. The number of nitrogens with two attached hydrogens (primary N) is 1. The van der Waals surface area contributed by atoms with E-state index in [1.807, 2.05) is 4.90 Å². The number of rotatable bonds is 6. The Morgan fingerprint density at radius 2 is 1.81 bits per heavy atom. The van der Waals surface area contributed by atoms with E-state index in [2.05, 4.69) is 16.7 Å². The van der Waals surface area contributed by atoms with Crippen molar-refractivity contribution < 1.29 is 4.79 Å². The average molecular weight is 296 g/mol. The number of hydrogen-bond donors (Lipinski definition) is 1. The van der Waals surface area contributed by atoms with Crippen LogP contribution in [0.5, 0.6) is 0 Å². The molecule has 0 aliphatic carbocycles. The van der Waals surface area contributed by atoms with Gasteiger partial charge in [-0.05, 0) is 51.7 Å². The molecule has 0 aromatic carbocycles. The fourth-order valence-electron chi connectivity index (χ4n) is 3.61. The predicted molar refractivity (Wildman–Crippen MR) is 86.2 cm³/mol. The average Bonchev–Trinajstić information content (AvgIpc) is 2.93. The molecular formula is C16H32N4O. The van der Waals surface area contributed by atoms with Gasteiger partial charge in [0.15, 0.2) is 0 Å². The molecule has 21 heavy (non-hydrogen) atoms. The fourth-order valence-corrected chi connectivity index (χ4v) is 3.61. The molecule has 5 nitrogen and oxygen atoms in total. The van der Waals surface area contributed by atoms with E-state index in [0.29, 0.717) is 18.5 Å². The van der Waals surface area contributed by atoms with E-state index in [0.717, 1.165) is 58.7 Å². The molecule has 0 radical (unpaired) electrons. The molecule has 0 saturated carbocycles. The molecular weight excluding hydrogens is 264 g/mol. The van der Waals surface area contributed by atoms with Gasteiger partial charge in [0.25, 0.3) is 0 Å². The number of carbonyl (C=O) groups excluding carboxylic acids is 1. The van der Waals surface area contributed by atoms with E-state index in [9.17, 15) is 4.79 Å². The first-order chi connectivity index (χ1) is 10.2. The SMILES string of the molecule is CCC(CCN)N1CCCN(CC(=O)N2CCCC2)CC1. The Morgan fingerprint density at radius 1 is 1.05 bits per heavy atom. The van der Waals surface area contributed by atoms with Crippen LogP contribution in [-0.4, -0.2) is 79.0 Å². The van der Waals surface area contributed by atoms with Crippen molar-refractivity contribution in [3.8, 4) is 0 Å². The van der Waals surface area contributed by atoms with E-state index >= 15 is 0 Å². The first-order valence-corrected chi connectivity index (χ1v) is 8.68. The Morgan fingerprint density at radius 3 is 2.48 bits per heavy atom. The van der Waals surface area contributed by atoms with Crippen LogP contribution in [0.3, 0.4) is 0 Å². The topological polar surface area (TPSA) is 52.8 Å². The molecule has 2 fully saturated rings. The van der Waals surface area contributed by atoms with Crippen LogP contribution >= 0.6 is 0 Å². The molecule has 0 bridgehead atoms. The Labute approximate surface area is 129 Å². The number of likely N-dealkylation sites (tertiary alicyclic amines) is 1. The minimum absolute atomic E-state index is 0.329. The van der Waals surface area contributed by atoms with Gasteiger partial charge in [0, 0.05) is 32.2 Å². The normalized spacial score (nSPS) is 23.2. The van der Waals surface area contributed by atoms with Gasteiger partial charge in [0.1, 0.15) is 0 Å². The molecule has 2 rings (SSSR count). The van der Waals surface area contributed by atoms with Crippen LogP contribution in [0.1, 0.15) is 39.0 Å². The van der Waals surface area contributed by atoms with Gasteiger partial charge in [-0.3, -0.25) is 14.6 Å². The molecule has 1 atom stereocenters. The Kier molecular flexibility index (Phi) is 6.93. The first-order valence-electron chi connectivity index (χ1n) is 8.68. The van der Waals surface area contributed by atoms with Crippen LogP contribution in [0.15, 0.2) is 0 Å². The summed E-state index contributed by atoms with van der Waals surface area (Å²) in [7, 11) is 0. The summed E-state index contributed by atoms with van der Waals surface area (Å²) < 4.78 is 0. The fraction of sp³-hybridized carbons (Fsp3) is 0.938. The van der Waals surface area contributed by atoms with Crippen molar-refractivity contribution >= 4 is 5.91 Å². The van der Waals surface area contributed by atoms with E-state index in [1.54, 1.807) is 0 Å². The summed E-state index contributed by atoms with van der Waals surface area (Å²) in [6, 6.07) is 0.615. The first kappa shape index (κ1) is 16.7. The van der Waals surface area contributed by atoms with Crippen molar-refractivity contribution in [2.45, 2.75) is 45.1 Å². The van der Waals surface area contributed by atoms with Crippen LogP contribution in [0.25, 0.3) is 0 Å². The van der Waals surface area contributed by atoms with Crippen molar-refractivity contribution in [3.63, 3.8) is 0 Å². The molecule has 0 aromatic rings. The molecule has 1 unspecified atom stereocenters. The second kappa shape index (κ2) is 8.71. The quantitative estimate of drug-likeness (QED) is 0.786. The minimum Gasteiger partial charge on any atom is -0.342 e. The number of carbonyl (C=O) groups is 1. The van der Waals surface area contributed by atoms with E-state index in [1.165, 1.54) is 19.3 Å². The zero-order valence-corrected chi connectivity index (χ0v) is 13.6. The van der Waals surface area contributed by atoms with Gasteiger partial charge in [-0.1, -0.05) is 6.92 Å². The molecule has 5 heteroatoms. The van der Waals surface area contributed by atoms with E-state index in [4.69, 9.17) is 5.73 Å². The third kappa shape index (κ3) is 4.94. The third-order valence-corrected chi connectivity index (χ3v) is 4.93. The number of hydrogen-bond acceptors (Lipinski definition) is 4. The monoisotopic (exact) mass is 296 g/mol. The standard InChI is InChI=1S/C16H32N4O/c1-2-15(6-7-17)19-11-5-8-18(12-13-19)14-16(21)20-9-3-4-10-20/h15H,2-14,17H2,1H3. The summed E-state index contributed by atoms with van der Waals surface area (Å²) in [5, 5.41) is 0. The molecule has 0 spiro atoms. The summed E-state index contributed by atoms with van der Waals surface area (Å²) in [5.74, 6) is 0.329. The van der Waals surface area contributed by atoms with E-state index in [-0.39, 0.29) is 0 Å². The maximum absolute atomic E-state index is 12.3. The van der Waals surface area contributed by atoms with Crippen molar-refractivity contribution in [2.75, 3.05) is 52.4 Å². The van der Waals surface area contributed by atoms with Gasteiger partial charge in [-0.2, -0.15) is 0 Å². The van der Waals surface area contributed by atoms with Crippen LogP contribution in [0, 0.1) is 0 Å². The van der Waals surface area contributed by atoms with Gasteiger partial charge < -0.3 is 10.6 Å². The predicted octanol–water partition coefficient (Wildman–Crippen LogP) is 0.744. The summed E-state index contributed by atoms with van der Waals surface area (Å²) in [6.45, 7) is 9.85. The highest BCUT2D eigenvalue weighted by atomic mass is 16.2. The summed E-state index contributed by atoms with van der Waals surface area (Å²) in [6.07, 6.45) is 5.77. The maximum Gasteiger partial charge on any atom is 0.236 e. The zero-order valence-electron chi connectivity index (χ0n) is 13.6. The highest BCUT2D eigenvalue weighted by Crippen LogP contribution is 2.13. The van der Waals surface area contributed by atoms with Gasteiger partial charge >= 0.3 is 0 Å². The lowest BCUT2D eigenvalue weighted by molar-refractivity contribution is -0.131. The molecule has 2 heterocycles. The molecule has 2 aliphatic heterocycles. The molecule has 2 saturated heterocycles. The molecule has 122 valence electrons. The highest BCUT2D eigenvalue weighted by Gasteiger charge is 2.24. The Balaban J connectivity index is 1.78. The van der Waals surface area contributed by atoms with Crippen molar-refractivity contribution in [2.24, 2.45) is 5.73 Å². The lowest BCUT2D eigenvalue weighted by Gasteiger charge is -2.29. The van der Waals surface area contributed by atoms with Crippen LogP contribution in [0.4, 0.5) is 0 Å². The number of nitrogens with zero attached hydrogens (tertiary/aromatic N) is 3. The van der Waals surface area contributed by atoms with Gasteiger partial charge in [-0.15, -0.1) is 0 Å². The molecule has 1 amide bonds. The zero-order chi connectivity index (χ0) is 15.1. The minimum atomic E-state index is 0.329. The van der Waals surface area contributed by atoms with Crippen molar-refractivity contribution in [1.29, 1.82) is 0 Å². The van der Waals surface area contributed by atoms with Crippen LogP contribution < -0.4 is 5.73 Å². The van der Waals surface area contributed by atoms with Gasteiger partial charge in [-0.25, -0.2) is 0 Å². The number of amides is 1. The lowest BCUT2D eigenvalue weighted by Crippen LogP contribution is -2.42. The Hall–Kier alpha value is -0.650. The highest BCUT2D eigenvalue weighted by molar-refractivity contribution is 5.78. The lowest BCUT2D eigenvalue weighted by atomic mass is 10.1. The second-order valence-electron chi connectivity index (χ2n) is 6.39. The van der Waals surface area contributed by atoms with Gasteiger partial charge in [0.2, 0.25) is 5.91 Å². The van der Waals surface area contributed by atoms with Crippen molar-refractivity contribution in [3.05, 3.63) is 0 Å². The third-order valence-electron chi connectivity index (χ3n) is 4.93. The second-order valence-corrected chi connectivity index (χ2v) is 6.39. The molecule has 2 N–H and O–H groups in total. The Bertz CT molecular complexity index is 317. The molecule has 2 aliphatic rings. The smallest absolute Gasteiger partial charge is 0.236 e.